The molecule has 0 spiro atoms. The summed E-state index contributed by atoms with van der Waals surface area (Å²) in [6.45, 7) is 16.4. The van der Waals surface area contributed by atoms with Crippen LogP contribution in [0.25, 0.3) is 0 Å². The van der Waals surface area contributed by atoms with E-state index in [9.17, 15) is 18.9 Å². The second kappa shape index (κ2) is 22.5. The van der Waals surface area contributed by atoms with E-state index in [0.29, 0.717) is 105 Å². The molecule has 2 aromatic rings. The predicted molar refractivity (Wildman–Crippen MR) is 189 cm³/mol. The van der Waals surface area contributed by atoms with Crippen molar-refractivity contribution >= 4 is 37.8 Å². The zero-order chi connectivity index (χ0) is 36.1. The van der Waals surface area contributed by atoms with Crippen molar-refractivity contribution in [2.24, 2.45) is 10.2 Å². The molecular formula is C33H51N6O8S2+. The number of quaternary nitrogens is 1. The summed E-state index contributed by atoms with van der Waals surface area (Å²) < 4.78 is 60.0. The fraction of sp³-hybridized carbons (Fsp3) is 0.636. The highest BCUT2D eigenvalue weighted by molar-refractivity contribution is 7.85. The van der Waals surface area contributed by atoms with Gasteiger partial charge in [0.15, 0.2) is 5.00 Å². The normalized spacial score (nSPS) is 11.9. The molecule has 0 saturated heterocycles. The lowest BCUT2D eigenvalue weighted by Gasteiger charge is -2.36. The first kappa shape index (κ1) is 42.0. The molecule has 0 fully saturated rings. The molecule has 0 amide bonds. The summed E-state index contributed by atoms with van der Waals surface area (Å²) in [4.78, 5) is 2.60. The maximum Gasteiger partial charge on any atom is 0.265 e. The highest BCUT2D eigenvalue weighted by Crippen LogP contribution is 2.38. The third kappa shape index (κ3) is 14.7. The SMILES string of the molecule is CCN(CCOCCOCCOCCOCC[N+](CC)(CC)CCCS(=O)(=O)O)c1ccc(/N=N/c2sc(C#N)c(C)c2C#N)c(OC)c1. The largest absolute Gasteiger partial charge is 0.494 e. The Morgan fingerprint density at radius 3 is 2.04 bits per heavy atom. The van der Waals surface area contributed by atoms with Crippen molar-refractivity contribution in [2.75, 3.05) is 110 Å². The molecule has 49 heavy (non-hydrogen) atoms. The van der Waals surface area contributed by atoms with E-state index in [2.05, 4.69) is 48.0 Å². The summed E-state index contributed by atoms with van der Waals surface area (Å²) >= 11 is 1.14. The number of methoxy groups -OCH3 is 1. The van der Waals surface area contributed by atoms with Gasteiger partial charge in [0, 0.05) is 31.3 Å². The maximum absolute atomic E-state index is 11.0. The summed E-state index contributed by atoms with van der Waals surface area (Å²) in [5.41, 5.74) is 2.42. The number of hydrogen-bond acceptors (Lipinski definition) is 13. The number of thiophene rings is 1. The summed E-state index contributed by atoms with van der Waals surface area (Å²) in [6, 6.07) is 9.82. The number of azo groups is 1. The van der Waals surface area contributed by atoms with Gasteiger partial charge in [-0.05, 0) is 45.4 Å². The van der Waals surface area contributed by atoms with Gasteiger partial charge < -0.3 is 33.1 Å². The Morgan fingerprint density at radius 2 is 1.51 bits per heavy atom. The quantitative estimate of drug-likeness (QED) is 0.0581. The highest BCUT2D eigenvalue weighted by atomic mass is 32.2. The fourth-order valence-electron chi connectivity index (χ4n) is 5.07. The van der Waals surface area contributed by atoms with Gasteiger partial charge in [0.1, 0.15) is 35.0 Å². The zero-order valence-electron chi connectivity index (χ0n) is 29.4. The average molecular weight is 724 g/mol. The van der Waals surface area contributed by atoms with Crippen LogP contribution in [0.2, 0.25) is 0 Å². The molecule has 1 heterocycles. The van der Waals surface area contributed by atoms with Crippen LogP contribution in [0.5, 0.6) is 5.75 Å². The Morgan fingerprint density at radius 1 is 0.898 bits per heavy atom. The number of benzene rings is 1. The third-order valence-electron chi connectivity index (χ3n) is 8.21. The van der Waals surface area contributed by atoms with Crippen molar-refractivity contribution in [2.45, 2.75) is 34.1 Å². The molecule has 0 atom stereocenters. The maximum atomic E-state index is 11.0. The molecule has 1 aromatic heterocycles. The second-order valence-electron chi connectivity index (χ2n) is 11.1. The second-order valence-corrected chi connectivity index (χ2v) is 13.7. The van der Waals surface area contributed by atoms with Gasteiger partial charge in [-0.25, -0.2) is 0 Å². The van der Waals surface area contributed by atoms with E-state index in [1.165, 1.54) is 0 Å². The lowest BCUT2D eigenvalue weighted by molar-refractivity contribution is -0.925. The Kier molecular flexibility index (Phi) is 19.3. The minimum Gasteiger partial charge on any atom is -0.494 e. The molecule has 1 N–H and O–H groups in total. The first-order chi connectivity index (χ1) is 23.6. The molecule has 1 aromatic carbocycles. The molecule has 0 aliphatic heterocycles. The minimum absolute atomic E-state index is 0.216. The molecule has 0 radical (unpaired) electrons. The van der Waals surface area contributed by atoms with Gasteiger partial charge in [-0.1, -0.05) is 0 Å². The fourth-order valence-corrected chi connectivity index (χ4v) is 6.44. The smallest absolute Gasteiger partial charge is 0.265 e. The van der Waals surface area contributed by atoms with E-state index in [1.54, 1.807) is 14.0 Å². The predicted octanol–water partition coefficient (Wildman–Crippen LogP) is 5.25. The van der Waals surface area contributed by atoms with E-state index < -0.39 is 10.1 Å². The van der Waals surface area contributed by atoms with Gasteiger partial charge >= 0.3 is 0 Å². The van der Waals surface area contributed by atoms with Crippen molar-refractivity contribution in [3.8, 4) is 17.9 Å². The minimum atomic E-state index is -3.93. The number of nitrogens with zero attached hydrogens (tertiary/aromatic N) is 6. The molecular weight excluding hydrogens is 673 g/mol. The van der Waals surface area contributed by atoms with Gasteiger partial charge in [-0.2, -0.15) is 18.9 Å². The van der Waals surface area contributed by atoms with Crippen molar-refractivity contribution in [3.05, 3.63) is 34.2 Å². The van der Waals surface area contributed by atoms with Crippen LogP contribution >= 0.6 is 11.3 Å². The molecule has 0 unspecified atom stereocenters. The van der Waals surface area contributed by atoms with Crippen molar-refractivity contribution in [3.63, 3.8) is 0 Å². The molecule has 16 heteroatoms. The average Bonchev–Trinajstić information content (AvgIpc) is 3.41. The number of hydrogen-bond donors (Lipinski definition) is 1. The van der Waals surface area contributed by atoms with E-state index in [0.717, 1.165) is 47.7 Å². The number of ether oxygens (including phenoxy) is 5. The lowest BCUT2D eigenvalue weighted by atomic mass is 10.2. The van der Waals surface area contributed by atoms with Crippen molar-refractivity contribution in [1.82, 2.24) is 0 Å². The van der Waals surface area contributed by atoms with Crippen LogP contribution in [0.15, 0.2) is 28.4 Å². The first-order valence-corrected chi connectivity index (χ1v) is 18.9. The van der Waals surface area contributed by atoms with E-state index in [-0.39, 0.29) is 5.75 Å². The van der Waals surface area contributed by atoms with Gasteiger partial charge in [0.25, 0.3) is 10.1 Å². The van der Waals surface area contributed by atoms with Crippen molar-refractivity contribution < 1.29 is 41.1 Å². The lowest BCUT2D eigenvalue weighted by Crippen LogP contribution is -2.50. The highest BCUT2D eigenvalue weighted by Gasteiger charge is 2.23. The van der Waals surface area contributed by atoms with E-state index >= 15 is 0 Å². The Balaban J connectivity index is 1.62. The Hall–Kier alpha value is -3.19. The van der Waals surface area contributed by atoms with E-state index in [4.69, 9.17) is 28.2 Å². The topological polar surface area (TPSA) is 176 Å². The summed E-state index contributed by atoms with van der Waals surface area (Å²) in [5.74, 6) is 0.322. The van der Waals surface area contributed by atoms with Crippen LogP contribution in [0.3, 0.4) is 0 Å². The molecule has 0 aliphatic rings. The first-order valence-electron chi connectivity index (χ1n) is 16.5. The Labute approximate surface area is 295 Å². The summed E-state index contributed by atoms with van der Waals surface area (Å²) in [7, 11) is -2.37. The summed E-state index contributed by atoms with van der Waals surface area (Å²) in [6.07, 6.45) is 0.419. The summed E-state index contributed by atoms with van der Waals surface area (Å²) in [5, 5.41) is 27.6. The van der Waals surface area contributed by atoms with Crippen LogP contribution in [0.4, 0.5) is 16.4 Å². The standard InChI is InChI=1S/C33H50N6O8S2/c1-6-38(28-10-11-30(31(24-28)43-5)36-37-33-29(25-34)27(4)32(26-35)48-33)12-15-44-17-19-46-21-22-47-20-18-45-16-14-39(7-2,8-3)13-9-23-49(40,41)42/h10-11,24H,6-9,12-23H2,1-5H3/p+1/b37-36+. The van der Waals surface area contributed by atoms with Gasteiger partial charge in [0.05, 0.1) is 90.9 Å². The molecule has 0 bridgehead atoms. The monoisotopic (exact) mass is 723 g/mol. The molecule has 2 rings (SSSR count). The van der Waals surface area contributed by atoms with Crippen LogP contribution in [-0.2, 0) is 29.1 Å². The van der Waals surface area contributed by atoms with Gasteiger partial charge in [-0.15, -0.1) is 21.6 Å². The number of rotatable bonds is 26. The molecule has 272 valence electrons. The number of anilines is 1. The molecule has 14 nitrogen and oxygen atoms in total. The zero-order valence-corrected chi connectivity index (χ0v) is 31.0. The molecule has 0 saturated carbocycles. The Bertz CT molecular complexity index is 1500. The van der Waals surface area contributed by atoms with Crippen LogP contribution in [-0.4, -0.2) is 122 Å². The van der Waals surface area contributed by atoms with Crippen LogP contribution in [0.1, 0.15) is 43.2 Å². The van der Waals surface area contributed by atoms with Gasteiger partial charge in [-0.3, -0.25) is 4.55 Å². The number of likely N-dealkylation sites (N-methyl/N-ethyl adjacent to an activating group) is 2. The van der Waals surface area contributed by atoms with Crippen molar-refractivity contribution in [1.29, 1.82) is 10.5 Å². The van der Waals surface area contributed by atoms with E-state index in [1.807, 2.05) is 18.2 Å². The van der Waals surface area contributed by atoms with Gasteiger partial charge in [0.2, 0.25) is 0 Å². The molecule has 0 aliphatic carbocycles. The van der Waals surface area contributed by atoms with Crippen LogP contribution in [0, 0.1) is 29.6 Å². The third-order valence-corrected chi connectivity index (χ3v) is 10.1. The number of nitriles is 2. The van der Waals surface area contributed by atoms with Crippen LogP contribution < -0.4 is 9.64 Å².